The molecule has 0 radical (unpaired) electrons. The maximum Gasteiger partial charge on any atom is 0.329 e. The number of allylic oxidation sites excluding steroid dienone is 1. The number of rotatable bonds is 3. The molecular formula is C22H12Cl2N2O6. The molecule has 8 nitrogen and oxygen atoms in total. The summed E-state index contributed by atoms with van der Waals surface area (Å²) >= 11 is 12.1. The van der Waals surface area contributed by atoms with Crippen LogP contribution in [0.4, 0.5) is 5.69 Å². The Kier molecular flexibility index (Phi) is 4.47. The fourth-order valence-corrected chi connectivity index (χ4v) is 4.93. The summed E-state index contributed by atoms with van der Waals surface area (Å²) in [6, 6.07) is 8.83. The van der Waals surface area contributed by atoms with Crippen LogP contribution in [-0.2, 0) is 14.4 Å². The lowest BCUT2D eigenvalue weighted by Crippen LogP contribution is -2.36. The molecule has 2 aliphatic heterocycles. The first-order chi connectivity index (χ1) is 15.2. The topological polar surface area (TPSA) is 124 Å². The third kappa shape index (κ3) is 2.66. The number of hydrogen-bond acceptors (Lipinski definition) is 6. The summed E-state index contributed by atoms with van der Waals surface area (Å²) in [4.78, 5) is 56.3. The predicted octanol–water partition coefficient (Wildman–Crippen LogP) is 3.17. The number of ketones is 1. The van der Waals surface area contributed by atoms with E-state index in [-0.39, 0.29) is 38.1 Å². The normalized spacial score (nSPS) is 24.2. The maximum atomic E-state index is 13.4. The highest BCUT2D eigenvalue weighted by atomic mass is 35.5. The molecule has 0 spiro atoms. The SMILES string of the molecule is O=C1C(C2=N[C@@H](C(=O)O)[C@@H]3C(=O)N(c4ccc(Cl)cc4Cl)C(=O)[C@@H]23)=C(O)c2ccccc21. The van der Waals surface area contributed by atoms with Crippen LogP contribution >= 0.6 is 23.2 Å². The molecule has 10 heteroatoms. The molecule has 2 amide bonds. The zero-order valence-electron chi connectivity index (χ0n) is 16.0. The number of carbonyl (C=O) groups excluding carboxylic acids is 3. The number of nitrogens with zero attached hydrogens (tertiary/aromatic N) is 2. The van der Waals surface area contributed by atoms with E-state index in [1.807, 2.05) is 0 Å². The fourth-order valence-electron chi connectivity index (χ4n) is 4.44. The largest absolute Gasteiger partial charge is 0.506 e. The molecule has 1 fully saturated rings. The van der Waals surface area contributed by atoms with Crippen LogP contribution < -0.4 is 4.90 Å². The molecule has 3 aliphatic rings. The van der Waals surface area contributed by atoms with Gasteiger partial charge in [0.1, 0.15) is 5.76 Å². The van der Waals surface area contributed by atoms with Crippen molar-refractivity contribution in [2.24, 2.45) is 16.8 Å². The lowest BCUT2D eigenvalue weighted by atomic mass is 9.85. The summed E-state index contributed by atoms with van der Waals surface area (Å²) < 4.78 is 0. The van der Waals surface area contributed by atoms with E-state index in [0.29, 0.717) is 0 Å². The van der Waals surface area contributed by atoms with E-state index in [1.165, 1.54) is 30.3 Å². The monoisotopic (exact) mass is 470 g/mol. The van der Waals surface area contributed by atoms with Gasteiger partial charge >= 0.3 is 5.97 Å². The van der Waals surface area contributed by atoms with Crippen molar-refractivity contribution >= 4 is 63.9 Å². The molecule has 160 valence electrons. The summed E-state index contributed by atoms with van der Waals surface area (Å²) in [5, 5.41) is 20.7. The van der Waals surface area contributed by atoms with Gasteiger partial charge in [-0.3, -0.25) is 19.4 Å². The number of fused-ring (bicyclic) bond motifs is 2. The first kappa shape index (κ1) is 20.4. The number of carboxylic acids is 1. The van der Waals surface area contributed by atoms with Gasteiger partial charge in [0, 0.05) is 16.1 Å². The van der Waals surface area contributed by atoms with Crippen molar-refractivity contribution in [3.05, 3.63) is 69.2 Å². The molecule has 0 aromatic heterocycles. The standard InChI is InChI=1S/C22H12Cl2N2O6/c23-8-5-6-12(11(24)7-8)26-20(29)13-14(21(26)30)17(22(31)32)25-16(13)15-18(27)9-3-1-2-4-10(9)19(15)28/h1-7,13-14,17,27H,(H,31,32)/t13-,14-,17-/m1/s1. The average molecular weight is 471 g/mol. The number of Topliss-reactive ketones (excluding diaryl/α,β-unsaturated/α-hetero) is 1. The zero-order valence-corrected chi connectivity index (χ0v) is 17.5. The van der Waals surface area contributed by atoms with Crippen molar-refractivity contribution < 1.29 is 29.4 Å². The van der Waals surface area contributed by atoms with Crippen LogP contribution in [0, 0.1) is 11.8 Å². The first-order valence-electron chi connectivity index (χ1n) is 9.43. The van der Waals surface area contributed by atoms with E-state index in [4.69, 9.17) is 23.2 Å². The van der Waals surface area contributed by atoms with Crippen LogP contribution in [0.2, 0.25) is 10.0 Å². The maximum absolute atomic E-state index is 13.4. The highest BCUT2D eigenvalue weighted by molar-refractivity contribution is 6.44. The molecule has 2 aromatic rings. The number of anilines is 1. The minimum Gasteiger partial charge on any atom is -0.506 e. The first-order valence-corrected chi connectivity index (χ1v) is 10.2. The van der Waals surface area contributed by atoms with E-state index in [0.717, 1.165) is 4.90 Å². The van der Waals surface area contributed by atoms with E-state index >= 15 is 0 Å². The van der Waals surface area contributed by atoms with Gasteiger partial charge in [0.05, 0.1) is 33.8 Å². The van der Waals surface area contributed by atoms with Gasteiger partial charge in [-0.25, -0.2) is 9.69 Å². The van der Waals surface area contributed by atoms with Gasteiger partial charge in [-0.1, -0.05) is 47.5 Å². The van der Waals surface area contributed by atoms with Crippen LogP contribution in [0.15, 0.2) is 53.0 Å². The van der Waals surface area contributed by atoms with E-state index in [1.54, 1.807) is 12.1 Å². The highest BCUT2D eigenvalue weighted by Gasteiger charge is 2.61. The third-order valence-electron chi connectivity index (χ3n) is 5.81. The van der Waals surface area contributed by atoms with Gasteiger partial charge < -0.3 is 10.2 Å². The lowest BCUT2D eigenvalue weighted by molar-refractivity contribution is -0.141. The molecule has 2 N–H and O–H groups in total. The number of aliphatic hydroxyl groups is 1. The van der Waals surface area contributed by atoms with Gasteiger partial charge in [0.15, 0.2) is 11.8 Å². The average Bonchev–Trinajstić information content (AvgIpc) is 3.34. The van der Waals surface area contributed by atoms with Crippen LogP contribution in [0.5, 0.6) is 0 Å². The number of halogens is 2. The number of hydrogen-bond donors (Lipinski definition) is 2. The summed E-state index contributed by atoms with van der Waals surface area (Å²) in [6.45, 7) is 0. The van der Waals surface area contributed by atoms with Crippen molar-refractivity contribution in [2.75, 3.05) is 4.90 Å². The van der Waals surface area contributed by atoms with Crippen LogP contribution in [-0.4, -0.2) is 45.5 Å². The van der Waals surface area contributed by atoms with Crippen molar-refractivity contribution in [3.8, 4) is 0 Å². The van der Waals surface area contributed by atoms with Gasteiger partial charge in [-0.05, 0) is 18.2 Å². The summed E-state index contributed by atoms with van der Waals surface area (Å²) in [6.07, 6.45) is 0. The molecule has 0 bridgehead atoms. The van der Waals surface area contributed by atoms with Crippen molar-refractivity contribution in [1.29, 1.82) is 0 Å². The second-order valence-electron chi connectivity index (χ2n) is 7.51. The molecule has 1 saturated heterocycles. The highest BCUT2D eigenvalue weighted by Crippen LogP contribution is 2.45. The molecule has 5 rings (SSSR count). The number of imide groups is 1. The number of aliphatic imine (C=N–C) groups is 1. The van der Waals surface area contributed by atoms with Gasteiger partial charge in [-0.2, -0.15) is 0 Å². The van der Waals surface area contributed by atoms with Gasteiger partial charge in [-0.15, -0.1) is 0 Å². The number of aliphatic hydroxyl groups excluding tert-OH is 1. The molecule has 0 unspecified atom stereocenters. The molecule has 2 aromatic carbocycles. The fraction of sp³-hybridized carbons (Fsp3) is 0.136. The lowest BCUT2D eigenvalue weighted by Gasteiger charge is -2.18. The Morgan fingerprint density at radius 1 is 1.00 bits per heavy atom. The number of carbonyl (C=O) groups is 4. The predicted molar refractivity (Wildman–Crippen MR) is 115 cm³/mol. The number of carboxylic acid groups (broad SMARTS) is 1. The third-order valence-corrected chi connectivity index (χ3v) is 6.35. The second-order valence-corrected chi connectivity index (χ2v) is 8.35. The molecule has 2 heterocycles. The smallest absolute Gasteiger partial charge is 0.329 e. The van der Waals surface area contributed by atoms with E-state index in [2.05, 4.69) is 4.99 Å². The molecular weight excluding hydrogens is 459 g/mol. The summed E-state index contributed by atoms with van der Waals surface area (Å²) in [7, 11) is 0. The van der Waals surface area contributed by atoms with Crippen LogP contribution in [0.1, 0.15) is 15.9 Å². The van der Waals surface area contributed by atoms with Crippen LogP contribution in [0.3, 0.4) is 0 Å². The number of amides is 2. The minimum absolute atomic E-state index is 0.0240. The summed E-state index contributed by atoms with van der Waals surface area (Å²) in [5.74, 6) is -6.75. The molecule has 3 atom stereocenters. The Hall–Kier alpha value is -3.49. The van der Waals surface area contributed by atoms with Gasteiger partial charge in [0.2, 0.25) is 11.8 Å². The van der Waals surface area contributed by atoms with Crippen LogP contribution in [0.25, 0.3) is 5.76 Å². The zero-order chi connectivity index (χ0) is 22.9. The number of aliphatic carboxylic acids is 1. The van der Waals surface area contributed by atoms with Crippen molar-refractivity contribution in [1.82, 2.24) is 0 Å². The Morgan fingerprint density at radius 2 is 1.69 bits per heavy atom. The van der Waals surface area contributed by atoms with Gasteiger partial charge in [0.25, 0.3) is 0 Å². The Balaban J connectivity index is 1.65. The van der Waals surface area contributed by atoms with E-state index in [9.17, 15) is 29.4 Å². The minimum atomic E-state index is -1.60. The molecule has 1 aliphatic carbocycles. The Labute approximate surface area is 190 Å². The summed E-state index contributed by atoms with van der Waals surface area (Å²) in [5.41, 5.74) is 0.0117. The Morgan fingerprint density at radius 3 is 2.31 bits per heavy atom. The van der Waals surface area contributed by atoms with E-state index < -0.39 is 47.2 Å². The second kappa shape index (κ2) is 7.01. The number of benzene rings is 2. The molecule has 32 heavy (non-hydrogen) atoms. The quantitative estimate of drug-likeness (QED) is 0.663. The van der Waals surface area contributed by atoms with Crippen molar-refractivity contribution in [2.45, 2.75) is 6.04 Å². The Bertz CT molecular complexity index is 1330. The van der Waals surface area contributed by atoms with Crippen molar-refractivity contribution in [3.63, 3.8) is 0 Å². The molecule has 0 saturated carbocycles.